The van der Waals surface area contributed by atoms with E-state index in [9.17, 15) is 8.42 Å². The summed E-state index contributed by atoms with van der Waals surface area (Å²) in [5, 5.41) is 3.09. The zero-order valence-corrected chi connectivity index (χ0v) is 14.0. The standard InChI is InChI=1S/C16H26N2O2S/c1-13(2)11-14-6-8-16(9-7-14)21(19,20)18-10-4-5-15(18)12-17-3/h6-9,13,15,17H,4-5,10-12H2,1-3H3. The van der Waals surface area contributed by atoms with Gasteiger partial charge in [0.1, 0.15) is 0 Å². The average Bonchev–Trinajstić information content (AvgIpc) is 2.88. The Morgan fingerprint density at radius 1 is 1.29 bits per heavy atom. The molecule has 0 bridgehead atoms. The molecule has 1 aromatic rings. The lowest BCUT2D eigenvalue weighted by molar-refractivity contribution is 0.379. The quantitative estimate of drug-likeness (QED) is 0.877. The third kappa shape index (κ3) is 3.84. The molecular formula is C16H26N2O2S. The largest absolute Gasteiger partial charge is 0.318 e. The topological polar surface area (TPSA) is 49.4 Å². The molecule has 1 saturated heterocycles. The monoisotopic (exact) mass is 310 g/mol. The van der Waals surface area contributed by atoms with Gasteiger partial charge in [0.15, 0.2) is 0 Å². The SMILES string of the molecule is CNCC1CCCN1S(=O)(=O)c1ccc(CC(C)C)cc1. The van der Waals surface area contributed by atoms with Gasteiger partial charge in [-0.25, -0.2) is 8.42 Å². The molecule has 5 heteroatoms. The lowest BCUT2D eigenvalue weighted by atomic mass is 10.0. The summed E-state index contributed by atoms with van der Waals surface area (Å²) >= 11 is 0. The molecule has 21 heavy (non-hydrogen) atoms. The van der Waals surface area contributed by atoms with Gasteiger partial charge in [0.25, 0.3) is 0 Å². The first-order valence-corrected chi connectivity index (χ1v) is 9.14. The van der Waals surface area contributed by atoms with Crippen LogP contribution in [-0.4, -0.2) is 38.9 Å². The second kappa shape index (κ2) is 6.90. The summed E-state index contributed by atoms with van der Waals surface area (Å²) in [6, 6.07) is 7.46. The van der Waals surface area contributed by atoms with E-state index in [-0.39, 0.29) is 6.04 Å². The number of nitrogens with one attached hydrogen (secondary N) is 1. The van der Waals surface area contributed by atoms with Crippen molar-refractivity contribution in [3.63, 3.8) is 0 Å². The molecule has 1 unspecified atom stereocenters. The molecule has 1 fully saturated rings. The zero-order chi connectivity index (χ0) is 15.5. The molecule has 0 saturated carbocycles. The van der Waals surface area contributed by atoms with Gasteiger partial charge in [0.05, 0.1) is 4.90 Å². The number of sulfonamides is 1. The Hall–Kier alpha value is -0.910. The molecule has 0 aromatic heterocycles. The normalized spacial score (nSPS) is 20.3. The molecule has 0 radical (unpaired) electrons. The second-order valence-electron chi connectivity index (χ2n) is 6.21. The van der Waals surface area contributed by atoms with Gasteiger partial charge in [0, 0.05) is 19.1 Å². The minimum atomic E-state index is -3.36. The average molecular weight is 310 g/mol. The Morgan fingerprint density at radius 2 is 1.95 bits per heavy atom. The van der Waals surface area contributed by atoms with Crippen molar-refractivity contribution < 1.29 is 8.42 Å². The number of likely N-dealkylation sites (N-methyl/N-ethyl adjacent to an activating group) is 1. The maximum Gasteiger partial charge on any atom is 0.243 e. The summed E-state index contributed by atoms with van der Waals surface area (Å²) in [6.07, 6.45) is 2.86. The summed E-state index contributed by atoms with van der Waals surface area (Å²) < 4.78 is 27.2. The van der Waals surface area contributed by atoms with E-state index < -0.39 is 10.0 Å². The maximum absolute atomic E-state index is 12.8. The van der Waals surface area contributed by atoms with Crippen LogP contribution in [-0.2, 0) is 16.4 Å². The van der Waals surface area contributed by atoms with E-state index >= 15 is 0 Å². The minimum Gasteiger partial charge on any atom is -0.318 e. The van der Waals surface area contributed by atoms with Gasteiger partial charge in [0.2, 0.25) is 10.0 Å². The summed E-state index contributed by atoms with van der Waals surface area (Å²) in [6.45, 7) is 5.67. The fourth-order valence-electron chi connectivity index (χ4n) is 2.97. The van der Waals surface area contributed by atoms with Crippen LogP contribution in [0.15, 0.2) is 29.2 Å². The van der Waals surface area contributed by atoms with Gasteiger partial charge >= 0.3 is 0 Å². The molecule has 0 amide bonds. The molecule has 0 spiro atoms. The van der Waals surface area contributed by atoms with Gasteiger partial charge in [-0.2, -0.15) is 4.31 Å². The van der Waals surface area contributed by atoms with Gasteiger partial charge in [-0.15, -0.1) is 0 Å². The van der Waals surface area contributed by atoms with Gasteiger partial charge < -0.3 is 5.32 Å². The van der Waals surface area contributed by atoms with Crippen LogP contribution < -0.4 is 5.32 Å². The van der Waals surface area contributed by atoms with Crippen LogP contribution >= 0.6 is 0 Å². The van der Waals surface area contributed by atoms with Crippen LogP contribution in [0.2, 0.25) is 0 Å². The van der Waals surface area contributed by atoms with Crippen molar-refractivity contribution in [2.45, 2.75) is 44.0 Å². The molecule has 1 N–H and O–H groups in total. The highest BCUT2D eigenvalue weighted by atomic mass is 32.2. The number of rotatable bonds is 6. The van der Waals surface area contributed by atoms with E-state index in [4.69, 9.17) is 0 Å². The Bertz CT molecular complexity index is 552. The lowest BCUT2D eigenvalue weighted by Gasteiger charge is -2.24. The molecule has 0 aliphatic carbocycles. The van der Waals surface area contributed by atoms with E-state index in [1.165, 1.54) is 5.56 Å². The van der Waals surface area contributed by atoms with Crippen LogP contribution in [0.5, 0.6) is 0 Å². The molecule has 2 rings (SSSR count). The zero-order valence-electron chi connectivity index (χ0n) is 13.2. The molecular weight excluding hydrogens is 284 g/mol. The predicted octanol–water partition coefficient (Wildman–Crippen LogP) is 2.26. The van der Waals surface area contributed by atoms with Crippen molar-refractivity contribution >= 4 is 10.0 Å². The van der Waals surface area contributed by atoms with E-state index in [2.05, 4.69) is 19.2 Å². The van der Waals surface area contributed by atoms with Crippen molar-refractivity contribution in [2.24, 2.45) is 5.92 Å². The molecule has 1 aliphatic rings. The van der Waals surface area contributed by atoms with E-state index in [0.717, 1.165) is 19.3 Å². The second-order valence-corrected chi connectivity index (χ2v) is 8.10. The van der Waals surface area contributed by atoms with Crippen LogP contribution in [0.25, 0.3) is 0 Å². The molecule has 4 nitrogen and oxygen atoms in total. The molecule has 1 atom stereocenters. The highest BCUT2D eigenvalue weighted by Crippen LogP contribution is 2.26. The number of nitrogens with zero attached hydrogens (tertiary/aromatic N) is 1. The summed E-state index contributed by atoms with van der Waals surface area (Å²) in [5.74, 6) is 0.575. The summed E-state index contributed by atoms with van der Waals surface area (Å²) in [5.41, 5.74) is 1.19. The smallest absolute Gasteiger partial charge is 0.243 e. The molecule has 1 aliphatic heterocycles. The Balaban J connectivity index is 2.19. The van der Waals surface area contributed by atoms with E-state index in [1.54, 1.807) is 16.4 Å². The Morgan fingerprint density at radius 3 is 2.52 bits per heavy atom. The van der Waals surface area contributed by atoms with Crippen molar-refractivity contribution in [2.75, 3.05) is 20.1 Å². The van der Waals surface area contributed by atoms with Crippen molar-refractivity contribution in [3.8, 4) is 0 Å². The highest BCUT2D eigenvalue weighted by Gasteiger charge is 2.34. The number of hydrogen-bond donors (Lipinski definition) is 1. The van der Waals surface area contributed by atoms with E-state index in [0.29, 0.717) is 23.9 Å². The summed E-state index contributed by atoms with van der Waals surface area (Å²) in [4.78, 5) is 0.415. The highest BCUT2D eigenvalue weighted by molar-refractivity contribution is 7.89. The fraction of sp³-hybridized carbons (Fsp3) is 0.625. The van der Waals surface area contributed by atoms with Crippen molar-refractivity contribution in [1.82, 2.24) is 9.62 Å². The van der Waals surface area contributed by atoms with Crippen molar-refractivity contribution in [1.29, 1.82) is 0 Å². The first kappa shape index (κ1) is 16.5. The lowest BCUT2D eigenvalue weighted by Crippen LogP contribution is -2.40. The first-order chi connectivity index (χ1) is 9.95. The third-order valence-corrected chi connectivity index (χ3v) is 5.90. The number of hydrogen-bond acceptors (Lipinski definition) is 3. The van der Waals surface area contributed by atoms with Crippen molar-refractivity contribution in [3.05, 3.63) is 29.8 Å². The van der Waals surface area contributed by atoms with E-state index in [1.807, 2.05) is 19.2 Å². The molecule has 1 heterocycles. The Labute approximate surface area is 128 Å². The number of benzene rings is 1. The third-order valence-electron chi connectivity index (χ3n) is 3.94. The fourth-order valence-corrected chi connectivity index (χ4v) is 4.66. The van der Waals surface area contributed by atoms with Gasteiger partial charge in [-0.1, -0.05) is 26.0 Å². The first-order valence-electron chi connectivity index (χ1n) is 7.70. The van der Waals surface area contributed by atoms with Gasteiger partial charge in [-0.05, 0) is 49.9 Å². The Kier molecular flexibility index (Phi) is 5.41. The van der Waals surface area contributed by atoms with Crippen LogP contribution in [0, 0.1) is 5.92 Å². The predicted molar refractivity (Wildman–Crippen MR) is 85.8 cm³/mol. The molecule has 1 aromatic carbocycles. The summed E-state index contributed by atoms with van der Waals surface area (Å²) in [7, 11) is -1.50. The van der Waals surface area contributed by atoms with Crippen LogP contribution in [0.1, 0.15) is 32.3 Å². The molecule has 118 valence electrons. The van der Waals surface area contributed by atoms with Crippen LogP contribution in [0.3, 0.4) is 0 Å². The minimum absolute atomic E-state index is 0.0790. The van der Waals surface area contributed by atoms with Crippen LogP contribution in [0.4, 0.5) is 0 Å². The van der Waals surface area contributed by atoms with Gasteiger partial charge in [-0.3, -0.25) is 0 Å². The maximum atomic E-state index is 12.8.